The summed E-state index contributed by atoms with van der Waals surface area (Å²) < 4.78 is 0. The van der Waals surface area contributed by atoms with Crippen LogP contribution in [0, 0.1) is 0 Å². The number of allylic oxidation sites excluding steroid dienone is 4. The summed E-state index contributed by atoms with van der Waals surface area (Å²) in [5.74, 6) is 0. The molecule has 0 fully saturated rings. The first-order chi connectivity index (χ1) is 7.83. The Morgan fingerprint density at radius 2 is 1.94 bits per heavy atom. The molecule has 0 radical (unpaired) electrons. The topological polar surface area (TPSA) is 0 Å². The van der Waals surface area contributed by atoms with Gasteiger partial charge in [-0.15, -0.1) is 6.58 Å². The second kappa shape index (κ2) is 6.12. The van der Waals surface area contributed by atoms with E-state index < -0.39 is 0 Å². The van der Waals surface area contributed by atoms with E-state index in [1.165, 1.54) is 22.3 Å². The van der Waals surface area contributed by atoms with Gasteiger partial charge in [-0.25, -0.2) is 0 Å². The fourth-order valence-electron chi connectivity index (χ4n) is 1.87. The van der Waals surface area contributed by atoms with E-state index >= 15 is 0 Å². The lowest BCUT2D eigenvalue weighted by molar-refractivity contribution is 1.23. The van der Waals surface area contributed by atoms with E-state index in [1.807, 2.05) is 19.9 Å². The SMILES string of the molecule is C=CC/C=C1/Cc2ccccc2C1=C.CC. The molecule has 0 N–H and O–H groups in total. The molecule has 0 amide bonds. The molecule has 0 atom stereocenters. The van der Waals surface area contributed by atoms with Crippen LogP contribution in [-0.4, -0.2) is 0 Å². The van der Waals surface area contributed by atoms with Crippen molar-refractivity contribution in [2.45, 2.75) is 26.7 Å². The molecule has 1 aliphatic carbocycles. The lowest BCUT2D eigenvalue weighted by Crippen LogP contribution is -1.78. The lowest BCUT2D eigenvalue weighted by atomic mass is 10.1. The van der Waals surface area contributed by atoms with Gasteiger partial charge in [0.25, 0.3) is 0 Å². The Morgan fingerprint density at radius 3 is 2.56 bits per heavy atom. The molecule has 0 heteroatoms. The van der Waals surface area contributed by atoms with Crippen LogP contribution in [-0.2, 0) is 6.42 Å². The van der Waals surface area contributed by atoms with Crippen LogP contribution in [0.25, 0.3) is 5.57 Å². The number of fused-ring (bicyclic) bond motifs is 1. The van der Waals surface area contributed by atoms with Gasteiger partial charge in [-0.1, -0.05) is 56.8 Å². The van der Waals surface area contributed by atoms with Gasteiger partial charge in [0.2, 0.25) is 0 Å². The van der Waals surface area contributed by atoms with E-state index in [0.717, 1.165) is 12.8 Å². The van der Waals surface area contributed by atoms with E-state index in [4.69, 9.17) is 0 Å². The van der Waals surface area contributed by atoms with Gasteiger partial charge in [0.1, 0.15) is 0 Å². The molecule has 0 saturated carbocycles. The summed E-state index contributed by atoms with van der Waals surface area (Å²) in [6.07, 6.45) is 6.10. The maximum Gasteiger partial charge on any atom is -0.00167 e. The number of hydrogen-bond donors (Lipinski definition) is 0. The summed E-state index contributed by atoms with van der Waals surface area (Å²) >= 11 is 0. The molecule has 2 rings (SSSR count). The second-order valence-corrected chi connectivity index (χ2v) is 3.57. The minimum absolute atomic E-state index is 0.933. The lowest BCUT2D eigenvalue weighted by Gasteiger charge is -1.97. The maximum absolute atomic E-state index is 4.13. The van der Waals surface area contributed by atoms with Crippen molar-refractivity contribution < 1.29 is 0 Å². The Hall–Kier alpha value is -1.56. The average Bonchev–Trinajstić information content (AvgIpc) is 2.67. The van der Waals surface area contributed by atoms with E-state index in [0.29, 0.717) is 0 Å². The van der Waals surface area contributed by atoms with Crippen LogP contribution >= 0.6 is 0 Å². The van der Waals surface area contributed by atoms with Crippen LogP contribution in [0.15, 0.2) is 55.1 Å². The fourth-order valence-corrected chi connectivity index (χ4v) is 1.87. The Bertz CT molecular complexity index is 408. The van der Waals surface area contributed by atoms with E-state index in [9.17, 15) is 0 Å². The summed E-state index contributed by atoms with van der Waals surface area (Å²) in [7, 11) is 0. The van der Waals surface area contributed by atoms with Crippen LogP contribution in [0.2, 0.25) is 0 Å². The number of rotatable bonds is 2. The summed E-state index contributed by atoms with van der Waals surface area (Å²) in [5, 5.41) is 0. The zero-order valence-corrected chi connectivity index (χ0v) is 10.3. The first kappa shape index (κ1) is 12.5. The number of hydrogen-bond acceptors (Lipinski definition) is 0. The summed E-state index contributed by atoms with van der Waals surface area (Å²) in [5.41, 5.74) is 5.24. The molecule has 0 spiro atoms. The molecule has 1 aliphatic rings. The molecule has 0 heterocycles. The van der Waals surface area contributed by atoms with Crippen molar-refractivity contribution in [2.24, 2.45) is 0 Å². The van der Waals surface area contributed by atoms with Crippen molar-refractivity contribution in [2.75, 3.05) is 0 Å². The maximum atomic E-state index is 4.13. The third-order valence-corrected chi connectivity index (χ3v) is 2.64. The normalized spacial score (nSPS) is 15.4. The van der Waals surface area contributed by atoms with Crippen molar-refractivity contribution >= 4 is 5.57 Å². The molecule has 0 nitrogen and oxygen atoms in total. The van der Waals surface area contributed by atoms with Gasteiger partial charge >= 0.3 is 0 Å². The third-order valence-electron chi connectivity index (χ3n) is 2.64. The van der Waals surface area contributed by atoms with E-state index in [1.54, 1.807) is 0 Å². The highest BCUT2D eigenvalue weighted by Crippen LogP contribution is 2.35. The monoisotopic (exact) mass is 212 g/mol. The van der Waals surface area contributed by atoms with Gasteiger partial charge in [0, 0.05) is 0 Å². The second-order valence-electron chi connectivity index (χ2n) is 3.57. The standard InChI is InChI=1S/C14H14.C2H6/c1-3-4-7-12-10-13-8-5-6-9-14(13)11(12)2;1-2/h3,5-9H,1-2,4,10H2;1-2H3/b12-7-;. The van der Waals surface area contributed by atoms with Crippen LogP contribution in [0.3, 0.4) is 0 Å². The third kappa shape index (κ3) is 2.52. The summed E-state index contributed by atoms with van der Waals surface area (Å²) in [6.45, 7) is 11.8. The van der Waals surface area contributed by atoms with Gasteiger partial charge < -0.3 is 0 Å². The zero-order chi connectivity index (χ0) is 12.0. The first-order valence-electron chi connectivity index (χ1n) is 5.90. The van der Waals surface area contributed by atoms with Gasteiger partial charge in [0.05, 0.1) is 0 Å². The molecule has 0 bridgehead atoms. The summed E-state index contributed by atoms with van der Waals surface area (Å²) in [6, 6.07) is 8.48. The molecule has 16 heavy (non-hydrogen) atoms. The first-order valence-corrected chi connectivity index (χ1v) is 5.90. The van der Waals surface area contributed by atoms with Crippen LogP contribution in [0.5, 0.6) is 0 Å². The minimum Gasteiger partial charge on any atom is -0.103 e. The largest absolute Gasteiger partial charge is 0.103 e. The molecule has 1 aromatic rings. The Morgan fingerprint density at radius 1 is 1.25 bits per heavy atom. The van der Waals surface area contributed by atoms with Crippen LogP contribution in [0.1, 0.15) is 31.4 Å². The van der Waals surface area contributed by atoms with Gasteiger partial charge in [-0.05, 0) is 35.1 Å². The van der Waals surface area contributed by atoms with Gasteiger partial charge in [-0.3, -0.25) is 0 Å². The predicted octanol–water partition coefficient (Wildman–Crippen LogP) is 4.78. The van der Waals surface area contributed by atoms with Crippen molar-refractivity contribution in [3.05, 3.63) is 66.3 Å². The Balaban J connectivity index is 0.000000606. The van der Waals surface area contributed by atoms with E-state index in [2.05, 4.69) is 43.5 Å². The smallest absolute Gasteiger partial charge is 0.00167 e. The highest BCUT2D eigenvalue weighted by Gasteiger charge is 2.17. The highest BCUT2D eigenvalue weighted by atomic mass is 14.2. The molecule has 1 aromatic carbocycles. The quantitative estimate of drug-likeness (QED) is 0.619. The van der Waals surface area contributed by atoms with Crippen molar-refractivity contribution in [3.8, 4) is 0 Å². The number of benzene rings is 1. The predicted molar refractivity (Wildman–Crippen MR) is 73.4 cm³/mol. The molecule has 0 aromatic heterocycles. The molecule has 84 valence electrons. The summed E-state index contributed by atoms with van der Waals surface area (Å²) in [4.78, 5) is 0. The molecule has 0 aliphatic heterocycles. The average molecular weight is 212 g/mol. The Kier molecular flexibility index (Phi) is 4.78. The molecule has 0 saturated heterocycles. The van der Waals surface area contributed by atoms with Gasteiger partial charge in [0.15, 0.2) is 0 Å². The van der Waals surface area contributed by atoms with Crippen LogP contribution in [0.4, 0.5) is 0 Å². The Labute approximate surface area is 99.0 Å². The van der Waals surface area contributed by atoms with Crippen molar-refractivity contribution in [3.63, 3.8) is 0 Å². The van der Waals surface area contributed by atoms with Crippen molar-refractivity contribution in [1.29, 1.82) is 0 Å². The van der Waals surface area contributed by atoms with Gasteiger partial charge in [-0.2, -0.15) is 0 Å². The van der Waals surface area contributed by atoms with E-state index in [-0.39, 0.29) is 0 Å². The molecular weight excluding hydrogens is 192 g/mol. The zero-order valence-electron chi connectivity index (χ0n) is 10.3. The fraction of sp³-hybridized carbons (Fsp3) is 0.250. The molecular formula is C16H20. The van der Waals surface area contributed by atoms with Crippen LogP contribution < -0.4 is 0 Å². The highest BCUT2D eigenvalue weighted by molar-refractivity contribution is 5.84. The molecule has 0 unspecified atom stereocenters. The van der Waals surface area contributed by atoms with Crippen molar-refractivity contribution in [1.82, 2.24) is 0 Å². The minimum atomic E-state index is 0.933.